The third-order valence-electron chi connectivity index (χ3n) is 17.5. The molecule has 0 fully saturated rings. The number of aliphatic hydroxyl groups is 1. The number of carbonyl (C=O) groups excluding carboxylic acids is 4. The van der Waals surface area contributed by atoms with Crippen molar-refractivity contribution in [2.24, 2.45) is 17.8 Å². The molecule has 0 aromatic carbocycles. The molecule has 0 aliphatic heterocycles. The van der Waals surface area contributed by atoms with Gasteiger partial charge in [-0.25, -0.2) is 9.13 Å². The molecule has 552 valence electrons. The topological polar surface area (TPSA) is 237 Å². The number of ether oxygens (including phenoxy) is 4. The van der Waals surface area contributed by atoms with Gasteiger partial charge in [0.2, 0.25) is 0 Å². The molecule has 93 heavy (non-hydrogen) atoms. The van der Waals surface area contributed by atoms with E-state index < -0.39 is 97.5 Å². The van der Waals surface area contributed by atoms with Crippen molar-refractivity contribution in [1.82, 2.24) is 0 Å². The lowest BCUT2D eigenvalue weighted by Crippen LogP contribution is -2.30. The van der Waals surface area contributed by atoms with Gasteiger partial charge in [0.25, 0.3) is 0 Å². The first kappa shape index (κ1) is 91.1. The normalized spacial score (nSPS) is 14.4. The summed E-state index contributed by atoms with van der Waals surface area (Å²) in [5.74, 6) is 0.215. The second-order valence-electron chi connectivity index (χ2n) is 27.9. The van der Waals surface area contributed by atoms with E-state index >= 15 is 0 Å². The van der Waals surface area contributed by atoms with Crippen LogP contribution < -0.4 is 0 Å². The van der Waals surface area contributed by atoms with Crippen molar-refractivity contribution in [3.63, 3.8) is 0 Å². The first-order valence-electron chi connectivity index (χ1n) is 38.4. The number of phosphoric acid groups is 2. The second-order valence-corrected chi connectivity index (χ2v) is 30.8. The van der Waals surface area contributed by atoms with Crippen molar-refractivity contribution in [3.8, 4) is 0 Å². The summed E-state index contributed by atoms with van der Waals surface area (Å²) in [6, 6.07) is 0. The summed E-state index contributed by atoms with van der Waals surface area (Å²) in [4.78, 5) is 72.7. The molecule has 0 spiro atoms. The fourth-order valence-electron chi connectivity index (χ4n) is 11.2. The van der Waals surface area contributed by atoms with Crippen LogP contribution in [0.3, 0.4) is 0 Å². The summed E-state index contributed by atoms with van der Waals surface area (Å²) in [7, 11) is -9.91. The number of hydrogen-bond donors (Lipinski definition) is 3. The Hall–Kier alpha value is -1.94. The number of rotatable bonds is 72. The molecule has 0 saturated heterocycles. The number of hydrogen-bond acceptors (Lipinski definition) is 15. The van der Waals surface area contributed by atoms with Crippen LogP contribution in [0, 0.1) is 17.8 Å². The van der Waals surface area contributed by atoms with Crippen LogP contribution in [0.1, 0.15) is 376 Å². The van der Waals surface area contributed by atoms with Gasteiger partial charge in [-0.3, -0.25) is 37.3 Å². The number of phosphoric ester groups is 2. The molecule has 0 amide bonds. The highest BCUT2D eigenvalue weighted by Crippen LogP contribution is 2.45. The number of unbranched alkanes of at least 4 members (excludes halogenated alkanes) is 39. The van der Waals surface area contributed by atoms with Gasteiger partial charge in [0, 0.05) is 25.7 Å². The molecule has 6 atom stereocenters. The highest BCUT2D eigenvalue weighted by molar-refractivity contribution is 7.47. The summed E-state index contributed by atoms with van der Waals surface area (Å²) in [6.45, 7) is 11.9. The molecule has 0 heterocycles. The van der Waals surface area contributed by atoms with Crippen LogP contribution in [0.4, 0.5) is 0 Å². The lowest BCUT2D eigenvalue weighted by Gasteiger charge is -2.21. The average molecular weight is 1370 g/mol. The van der Waals surface area contributed by atoms with E-state index in [0.29, 0.717) is 25.7 Å². The van der Waals surface area contributed by atoms with Crippen molar-refractivity contribution < 1.29 is 80.2 Å². The fraction of sp³-hybridized carbons (Fsp3) is 0.946. The molecule has 0 bridgehead atoms. The zero-order valence-corrected chi connectivity index (χ0v) is 62.5. The maximum Gasteiger partial charge on any atom is 0.472 e. The lowest BCUT2D eigenvalue weighted by molar-refractivity contribution is -0.161. The minimum absolute atomic E-state index is 0.105. The molecule has 0 aromatic rings. The highest BCUT2D eigenvalue weighted by atomic mass is 31.2. The molecule has 0 radical (unpaired) electrons. The molecule has 0 rings (SSSR count). The van der Waals surface area contributed by atoms with Gasteiger partial charge in [-0.2, -0.15) is 0 Å². The van der Waals surface area contributed by atoms with Gasteiger partial charge < -0.3 is 33.8 Å². The van der Waals surface area contributed by atoms with E-state index in [9.17, 15) is 43.2 Å². The summed E-state index contributed by atoms with van der Waals surface area (Å²) in [5, 5.41) is 10.6. The second kappa shape index (κ2) is 64.7. The Labute approximate surface area is 568 Å². The van der Waals surface area contributed by atoms with Crippen molar-refractivity contribution in [3.05, 3.63) is 0 Å². The zero-order chi connectivity index (χ0) is 68.7. The Morgan fingerprint density at radius 2 is 0.548 bits per heavy atom. The Morgan fingerprint density at radius 1 is 0.312 bits per heavy atom. The van der Waals surface area contributed by atoms with Gasteiger partial charge >= 0.3 is 39.5 Å². The number of aliphatic hydroxyl groups excluding tert-OH is 1. The first-order chi connectivity index (χ1) is 44.8. The van der Waals surface area contributed by atoms with E-state index in [2.05, 4.69) is 48.5 Å². The first-order valence-corrected chi connectivity index (χ1v) is 41.4. The third-order valence-corrected chi connectivity index (χ3v) is 19.4. The van der Waals surface area contributed by atoms with E-state index in [-0.39, 0.29) is 25.7 Å². The molecule has 0 saturated carbocycles. The fourth-order valence-corrected chi connectivity index (χ4v) is 12.8. The van der Waals surface area contributed by atoms with Crippen LogP contribution >= 0.6 is 15.6 Å². The van der Waals surface area contributed by atoms with Gasteiger partial charge in [-0.15, -0.1) is 0 Å². The minimum Gasteiger partial charge on any atom is -0.462 e. The van der Waals surface area contributed by atoms with Gasteiger partial charge in [0.15, 0.2) is 12.2 Å². The predicted octanol–water partition coefficient (Wildman–Crippen LogP) is 21.4. The standard InChI is InChI=1S/C74H144O17P2/c1-8-10-11-12-13-24-34-41-48-55-71(76)84-61-70(91-74(79)58-51-44-37-30-29-33-40-47-54-67(7)9-2)64-89-93(82,83)87-60-68(75)59-86-92(80,81)88-63-69(62-85-72(77)56-49-42-35-27-23-22-26-32-39-46-53-66(5)6)90-73(78)57-50-43-36-28-21-19-17-15-14-16-18-20-25-31-38-45-52-65(3)4/h65-70,75H,8-64H2,1-7H3,(H,80,81)(H,82,83)/t67?,68-,69-,70-/m1/s1. The summed E-state index contributed by atoms with van der Waals surface area (Å²) in [5.41, 5.74) is 0. The molecule has 0 aromatic heterocycles. The van der Waals surface area contributed by atoms with Crippen LogP contribution in [-0.2, 0) is 65.4 Å². The minimum atomic E-state index is -4.96. The molecule has 17 nitrogen and oxygen atoms in total. The van der Waals surface area contributed by atoms with Gasteiger partial charge in [0.1, 0.15) is 19.3 Å². The van der Waals surface area contributed by atoms with Crippen molar-refractivity contribution >= 4 is 39.5 Å². The molecular weight excluding hydrogens is 1220 g/mol. The van der Waals surface area contributed by atoms with Crippen molar-refractivity contribution in [2.45, 2.75) is 394 Å². The molecule has 0 aliphatic rings. The highest BCUT2D eigenvalue weighted by Gasteiger charge is 2.30. The largest absolute Gasteiger partial charge is 0.472 e. The Kier molecular flexibility index (Phi) is 63.4. The van der Waals surface area contributed by atoms with Gasteiger partial charge in [0.05, 0.1) is 26.4 Å². The third kappa shape index (κ3) is 67.0. The Balaban J connectivity index is 5.22. The smallest absolute Gasteiger partial charge is 0.462 e. The molecule has 0 aliphatic carbocycles. The van der Waals surface area contributed by atoms with Gasteiger partial charge in [-0.05, 0) is 43.4 Å². The lowest BCUT2D eigenvalue weighted by atomic mass is 9.99. The zero-order valence-electron chi connectivity index (χ0n) is 60.7. The van der Waals surface area contributed by atoms with Crippen LogP contribution in [-0.4, -0.2) is 96.7 Å². The summed E-state index contributed by atoms with van der Waals surface area (Å²) < 4.78 is 68.4. The van der Waals surface area contributed by atoms with Crippen LogP contribution in [0.2, 0.25) is 0 Å². The quantitative estimate of drug-likeness (QED) is 0.0222. The number of esters is 4. The van der Waals surface area contributed by atoms with Gasteiger partial charge in [-0.1, -0.05) is 325 Å². The Bertz CT molecular complexity index is 1820. The van der Waals surface area contributed by atoms with Crippen LogP contribution in [0.5, 0.6) is 0 Å². The maximum absolute atomic E-state index is 13.1. The Morgan fingerprint density at radius 3 is 0.817 bits per heavy atom. The molecular formula is C74H144O17P2. The number of carbonyl (C=O) groups is 4. The predicted molar refractivity (Wildman–Crippen MR) is 377 cm³/mol. The van der Waals surface area contributed by atoms with Crippen LogP contribution in [0.15, 0.2) is 0 Å². The molecule has 3 N–H and O–H groups in total. The monoisotopic (exact) mass is 1370 g/mol. The molecule has 3 unspecified atom stereocenters. The summed E-state index contributed by atoms with van der Waals surface area (Å²) >= 11 is 0. The molecule has 19 heteroatoms. The van der Waals surface area contributed by atoms with Crippen molar-refractivity contribution in [1.29, 1.82) is 0 Å². The van der Waals surface area contributed by atoms with E-state index in [1.165, 1.54) is 186 Å². The van der Waals surface area contributed by atoms with Crippen molar-refractivity contribution in [2.75, 3.05) is 39.6 Å². The van der Waals surface area contributed by atoms with E-state index in [1.807, 2.05) is 0 Å². The van der Waals surface area contributed by atoms with E-state index in [1.54, 1.807) is 0 Å². The maximum atomic E-state index is 13.1. The SMILES string of the molecule is CCCCCCCCCCCC(=O)OC[C@H](COP(=O)(O)OC[C@H](O)COP(=O)(O)OC[C@@H](COC(=O)CCCCCCCCCCCCC(C)C)OC(=O)CCCCCCCCCCCCCCCCCCC(C)C)OC(=O)CCCCCCCCCCC(C)CC. The average Bonchev–Trinajstić information content (AvgIpc) is 2.90. The van der Waals surface area contributed by atoms with E-state index in [4.69, 9.17) is 37.0 Å². The summed E-state index contributed by atoms with van der Waals surface area (Å²) in [6.07, 6.45) is 49.9. The van der Waals surface area contributed by atoms with Crippen LogP contribution in [0.25, 0.3) is 0 Å². The van der Waals surface area contributed by atoms with E-state index in [0.717, 1.165) is 108 Å².